The molecule has 4 heterocycles. The van der Waals surface area contributed by atoms with Crippen molar-refractivity contribution in [2.45, 2.75) is 82.3 Å². The minimum Gasteiger partial charge on any atom is -0.473 e. The Morgan fingerprint density at radius 2 is 2.03 bits per heavy atom. The van der Waals surface area contributed by atoms with Gasteiger partial charge in [0.15, 0.2) is 0 Å². The number of Topliss-reactive ketones (excluding diaryl/α,β-unsaturated/α-hetero) is 1. The number of rotatable bonds is 5. The standard InChI is InChI=1S/C28H34N6O3/c1-17(21-8-6-14-34(21)2)36-24-15-20(18-10-11-23(29)30-16-18)31-27(32-24)25-19-7-5-13-28(26(19)33-37-25)12-4-3-9-22(28)35/h10-11,15-17,21H,3-9,12-14H2,1-2H3,(H2,29,30)/t17-,21-,28+/m0/s1. The quantitative estimate of drug-likeness (QED) is 0.542. The summed E-state index contributed by atoms with van der Waals surface area (Å²) in [5.41, 5.74) is 8.54. The number of anilines is 1. The predicted molar refractivity (Wildman–Crippen MR) is 139 cm³/mol. The molecular formula is C28H34N6O3. The molecule has 37 heavy (non-hydrogen) atoms. The number of likely N-dealkylation sites (N-methyl/N-ethyl adjacent to an activating group) is 1. The summed E-state index contributed by atoms with van der Waals surface area (Å²) < 4.78 is 12.3. The number of nitrogens with zero attached hydrogens (tertiary/aromatic N) is 5. The zero-order valence-corrected chi connectivity index (χ0v) is 21.6. The van der Waals surface area contributed by atoms with E-state index in [0.29, 0.717) is 47.2 Å². The van der Waals surface area contributed by atoms with Gasteiger partial charge < -0.3 is 15.0 Å². The molecule has 0 radical (unpaired) electrons. The molecule has 0 amide bonds. The highest BCUT2D eigenvalue weighted by Crippen LogP contribution is 2.47. The van der Waals surface area contributed by atoms with E-state index in [4.69, 9.17) is 25.0 Å². The highest BCUT2D eigenvalue weighted by atomic mass is 16.5. The van der Waals surface area contributed by atoms with Gasteiger partial charge in [0.1, 0.15) is 23.4 Å². The number of nitrogen functional groups attached to an aromatic ring is 1. The normalized spacial score (nSPS) is 24.8. The Labute approximate surface area is 216 Å². The van der Waals surface area contributed by atoms with Gasteiger partial charge in [-0.1, -0.05) is 11.6 Å². The third-order valence-corrected chi connectivity index (χ3v) is 8.48. The molecule has 0 unspecified atom stereocenters. The average Bonchev–Trinajstić information content (AvgIpc) is 3.53. The molecule has 194 valence electrons. The van der Waals surface area contributed by atoms with E-state index in [-0.39, 0.29) is 6.10 Å². The topological polar surface area (TPSA) is 120 Å². The van der Waals surface area contributed by atoms with Gasteiger partial charge in [0.2, 0.25) is 17.5 Å². The van der Waals surface area contributed by atoms with Crippen molar-refractivity contribution >= 4 is 11.6 Å². The van der Waals surface area contributed by atoms with Gasteiger partial charge in [0.05, 0.1) is 11.1 Å². The number of ketones is 1. The fourth-order valence-corrected chi connectivity index (χ4v) is 6.47. The van der Waals surface area contributed by atoms with Crippen molar-refractivity contribution in [2.24, 2.45) is 0 Å². The van der Waals surface area contributed by atoms with Crippen LogP contribution in [0.1, 0.15) is 69.5 Å². The van der Waals surface area contributed by atoms with Crippen molar-refractivity contribution in [1.29, 1.82) is 0 Å². The van der Waals surface area contributed by atoms with E-state index in [2.05, 4.69) is 29.0 Å². The lowest BCUT2D eigenvalue weighted by atomic mass is 9.64. The van der Waals surface area contributed by atoms with E-state index in [1.54, 1.807) is 12.3 Å². The molecule has 0 aromatic carbocycles. The fourth-order valence-electron chi connectivity index (χ4n) is 6.47. The Balaban J connectivity index is 1.42. The van der Waals surface area contributed by atoms with Crippen LogP contribution in [0.4, 0.5) is 5.82 Å². The molecule has 2 N–H and O–H groups in total. The molecule has 1 saturated heterocycles. The summed E-state index contributed by atoms with van der Waals surface area (Å²) in [7, 11) is 2.14. The highest BCUT2D eigenvalue weighted by Gasteiger charge is 2.48. The maximum Gasteiger partial charge on any atom is 0.217 e. The molecular weight excluding hydrogens is 468 g/mol. The van der Waals surface area contributed by atoms with Crippen molar-refractivity contribution in [1.82, 2.24) is 25.0 Å². The summed E-state index contributed by atoms with van der Waals surface area (Å²) >= 11 is 0. The largest absolute Gasteiger partial charge is 0.473 e. The second-order valence-electron chi connectivity index (χ2n) is 10.8. The molecule has 0 bridgehead atoms. The minimum atomic E-state index is -0.521. The van der Waals surface area contributed by atoms with Gasteiger partial charge in [-0.25, -0.2) is 9.97 Å². The van der Waals surface area contributed by atoms with Crippen LogP contribution in [-0.2, 0) is 16.6 Å². The number of carbonyl (C=O) groups excluding carboxylic acids is 1. The lowest BCUT2D eigenvalue weighted by Gasteiger charge is -2.37. The lowest BCUT2D eigenvalue weighted by Crippen LogP contribution is -2.41. The zero-order chi connectivity index (χ0) is 25.6. The van der Waals surface area contributed by atoms with Crippen LogP contribution in [-0.4, -0.2) is 56.5 Å². The van der Waals surface area contributed by atoms with Gasteiger partial charge in [-0.05, 0) is 77.6 Å². The van der Waals surface area contributed by atoms with Crippen molar-refractivity contribution in [3.63, 3.8) is 0 Å². The number of hydrogen-bond donors (Lipinski definition) is 1. The summed E-state index contributed by atoms with van der Waals surface area (Å²) in [6.07, 6.45) is 9.90. The Bertz CT molecular complexity index is 1310. The van der Waals surface area contributed by atoms with Crippen LogP contribution in [0, 0.1) is 0 Å². The van der Waals surface area contributed by atoms with E-state index < -0.39 is 5.41 Å². The molecule has 2 aliphatic carbocycles. The number of fused-ring (bicyclic) bond motifs is 2. The van der Waals surface area contributed by atoms with Crippen molar-refractivity contribution in [2.75, 3.05) is 19.3 Å². The average molecular weight is 503 g/mol. The van der Waals surface area contributed by atoms with Gasteiger partial charge in [-0.15, -0.1) is 0 Å². The highest BCUT2D eigenvalue weighted by molar-refractivity contribution is 5.91. The van der Waals surface area contributed by atoms with Crippen molar-refractivity contribution in [3.8, 4) is 28.7 Å². The molecule has 9 nitrogen and oxygen atoms in total. The van der Waals surface area contributed by atoms with Crippen LogP contribution in [0.3, 0.4) is 0 Å². The van der Waals surface area contributed by atoms with Crippen LogP contribution < -0.4 is 10.5 Å². The molecule has 1 spiro atoms. The van der Waals surface area contributed by atoms with Crippen LogP contribution in [0.25, 0.3) is 22.8 Å². The van der Waals surface area contributed by atoms with Gasteiger partial charge in [-0.3, -0.25) is 9.69 Å². The van der Waals surface area contributed by atoms with E-state index in [0.717, 1.165) is 74.7 Å². The SMILES string of the molecule is C[C@H](Oc1cc(-c2ccc(N)nc2)nc(-c2onc3c2CCC[C@@]32CCCCC2=O)n1)[C@@H]1CCCN1C. The minimum absolute atomic E-state index is 0.0422. The molecule has 3 aromatic heterocycles. The Morgan fingerprint density at radius 3 is 2.78 bits per heavy atom. The molecule has 3 atom stereocenters. The fraction of sp³-hybridized carbons (Fsp3) is 0.536. The summed E-state index contributed by atoms with van der Waals surface area (Å²) in [5.74, 6) is 2.17. The molecule has 6 rings (SSSR count). The van der Waals surface area contributed by atoms with Crippen LogP contribution >= 0.6 is 0 Å². The zero-order valence-electron chi connectivity index (χ0n) is 21.6. The first kappa shape index (κ1) is 24.0. The Morgan fingerprint density at radius 1 is 1.16 bits per heavy atom. The van der Waals surface area contributed by atoms with Gasteiger partial charge in [0.25, 0.3) is 0 Å². The maximum atomic E-state index is 13.1. The number of aromatic nitrogens is 4. The summed E-state index contributed by atoms with van der Waals surface area (Å²) in [5, 5.41) is 4.49. The first-order chi connectivity index (χ1) is 17.9. The van der Waals surface area contributed by atoms with E-state index in [1.165, 1.54) is 0 Å². The van der Waals surface area contributed by atoms with E-state index in [1.807, 2.05) is 12.1 Å². The smallest absolute Gasteiger partial charge is 0.217 e. The van der Waals surface area contributed by atoms with Gasteiger partial charge in [-0.2, -0.15) is 4.98 Å². The molecule has 2 fully saturated rings. The van der Waals surface area contributed by atoms with E-state index in [9.17, 15) is 4.79 Å². The van der Waals surface area contributed by atoms with Crippen molar-refractivity contribution < 1.29 is 14.1 Å². The van der Waals surface area contributed by atoms with Gasteiger partial charge >= 0.3 is 0 Å². The number of nitrogens with two attached hydrogens (primary N) is 1. The lowest BCUT2D eigenvalue weighted by molar-refractivity contribution is -0.127. The van der Waals surface area contributed by atoms with E-state index >= 15 is 0 Å². The van der Waals surface area contributed by atoms with Crippen LogP contribution in [0.15, 0.2) is 28.9 Å². The molecule has 3 aromatic rings. The summed E-state index contributed by atoms with van der Waals surface area (Å²) in [4.78, 5) is 29.4. The predicted octanol–water partition coefficient (Wildman–Crippen LogP) is 4.35. The Kier molecular flexibility index (Phi) is 6.18. The summed E-state index contributed by atoms with van der Waals surface area (Å²) in [6.45, 7) is 3.16. The Hall–Kier alpha value is -3.33. The number of likely N-dealkylation sites (tertiary alicyclic amines) is 1. The summed E-state index contributed by atoms with van der Waals surface area (Å²) in [6, 6.07) is 5.81. The second kappa shape index (κ2) is 9.52. The maximum absolute atomic E-state index is 13.1. The monoisotopic (exact) mass is 502 g/mol. The number of hydrogen-bond acceptors (Lipinski definition) is 9. The first-order valence-corrected chi connectivity index (χ1v) is 13.5. The third kappa shape index (κ3) is 4.29. The third-order valence-electron chi connectivity index (χ3n) is 8.48. The van der Waals surface area contributed by atoms with Crippen molar-refractivity contribution in [3.05, 3.63) is 35.7 Å². The molecule has 1 aliphatic heterocycles. The number of pyridine rings is 1. The molecule has 3 aliphatic rings. The van der Waals surface area contributed by atoms with Crippen LogP contribution in [0.2, 0.25) is 0 Å². The van der Waals surface area contributed by atoms with Gasteiger partial charge in [0, 0.05) is 35.9 Å². The molecule has 9 heteroatoms. The first-order valence-electron chi connectivity index (χ1n) is 13.5. The second-order valence-corrected chi connectivity index (χ2v) is 10.8. The molecule has 1 saturated carbocycles. The number of ether oxygens (including phenoxy) is 1. The van der Waals surface area contributed by atoms with Crippen LogP contribution in [0.5, 0.6) is 5.88 Å². The number of carbonyl (C=O) groups is 1.